The van der Waals surface area contributed by atoms with E-state index in [9.17, 15) is 4.79 Å². The molecular weight excluding hydrogens is 246 g/mol. The number of benzene rings is 1. The van der Waals surface area contributed by atoms with Gasteiger partial charge in [-0.1, -0.05) is 29.8 Å². The maximum absolute atomic E-state index is 11.0. The SMILES string of the molecule is CC.NNC(=O)c1ccc(Br)cc1N. The Morgan fingerprint density at radius 2 is 2.00 bits per heavy atom. The number of anilines is 1. The van der Waals surface area contributed by atoms with Crippen LogP contribution in [-0.4, -0.2) is 5.91 Å². The summed E-state index contributed by atoms with van der Waals surface area (Å²) in [7, 11) is 0. The lowest BCUT2D eigenvalue weighted by molar-refractivity contribution is 0.0954. The van der Waals surface area contributed by atoms with Crippen LogP contribution in [0.3, 0.4) is 0 Å². The van der Waals surface area contributed by atoms with Crippen LogP contribution in [-0.2, 0) is 0 Å². The molecule has 0 atom stereocenters. The van der Waals surface area contributed by atoms with E-state index >= 15 is 0 Å². The molecule has 1 aromatic rings. The Kier molecular flexibility index (Phi) is 5.91. The number of amides is 1. The van der Waals surface area contributed by atoms with Crippen molar-refractivity contribution in [2.24, 2.45) is 5.84 Å². The number of halogens is 1. The minimum Gasteiger partial charge on any atom is -0.398 e. The normalized spacial score (nSPS) is 8.57. The van der Waals surface area contributed by atoms with Gasteiger partial charge in [0.25, 0.3) is 5.91 Å². The number of hydrogen-bond donors (Lipinski definition) is 3. The van der Waals surface area contributed by atoms with Crippen molar-refractivity contribution < 1.29 is 4.79 Å². The third-order valence-electron chi connectivity index (χ3n) is 1.39. The van der Waals surface area contributed by atoms with Crippen molar-refractivity contribution in [1.82, 2.24) is 5.43 Å². The molecule has 0 heterocycles. The first kappa shape index (κ1) is 12.9. The summed E-state index contributed by atoms with van der Waals surface area (Å²) >= 11 is 3.22. The second kappa shape index (κ2) is 6.39. The smallest absolute Gasteiger partial charge is 0.267 e. The van der Waals surface area contributed by atoms with E-state index in [1.54, 1.807) is 18.2 Å². The predicted octanol–water partition coefficient (Wildman–Crippen LogP) is 1.66. The molecule has 0 spiro atoms. The number of carbonyl (C=O) groups is 1. The third-order valence-corrected chi connectivity index (χ3v) is 1.88. The molecule has 1 rings (SSSR count). The Morgan fingerprint density at radius 3 is 2.43 bits per heavy atom. The monoisotopic (exact) mass is 259 g/mol. The largest absolute Gasteiger partial charge is 0.398 e. The summed E-state index contributed by atoms with van der Waals surface area (Å²) in [4.78, 5) is 11.0. The van der Waals surface area contributed by atoms with E-state index in [-0.39, 0.29) is 5.91 Å². The van der Waals surface area contributed by atoms with Crippen molar-refractivity contribution in [2.45, 2.75) is 13.8 Å². The molecule has 1 aromatic carbocycles. The number of hydrogen-bond acceptors (Lipinski definition) is 3. The Morgan fingerprint density at radius 1 is 1.43 bits per heavy atom. The molecule has 5 heteroatoms. The molecule has 0 aliphatic heterocycles. The van der Waals surface area contributed by atoms with Gasteiger partial charge in [0.15, 0.2) is 0 Å². The fourth-order valence-corrected chi connectivity index (χ4v) is 1.20. The Labute approximate surface area is 91.8 Å². The van der Waals surface area contributed by atoms with Crippen molar-refractivity contribution >= 4 is 27.5 Å². The van der Waals surface area contributed by atoms with Gasteiger partial charge in [-0.15, -0.1) is 0 Å². The van der Waals surface area contributed by atoms with Gasteiger partial charge in [0.2, 0.25) is 0 Å². The highest BCUT2D eigenvalue weighted by atomic mass is 79.9. The lowest BCUT2D eigenvalue weighted by Crippen LogP contribution is -2.30. The van der Waals surface area contributed by atoms with Gasteiger partial charge in [-0.3, -0.25) is 10.2 Å². The van der Waals surface area contributed by atoms with E-state index < -0.39 is 0 Å². The van der Waals surface area contributed by atoms with Crippen LogP contribution in [0.25, 0.3) is 0 Å². The van der Waals surface area contributed by atoms with Crippen LogP contribution in [0.4, 0.5) is 5.69 Å². The van der Waals surface area contributed by atoms with E-state index in [0.29, 0.717) is 11.3 Å². The third kappa shape index (κ3) is 3.35. The number of nitrogens with one attached hydrogen (secondary N) is 1. The molecule has 0 aliphatic rings. The zero-order valence-electron chi connectivity index (χ0n) is 8.17. The Hall–Kier alpha value is -1.07. The minimum absolute atomic E-state index is 0.376. The lowest BCUT2D eigenvalue weighted by atomic mass is 10.2. The molecule has 0 bridgehead atoms. The molecule has 0 saturated carbocycles. The maximum atomic E-state index is 11.0. The first-order valence-electron chi connectivity index (χ1n) is 4.21. The fourth-order valence-electron chi connectivity index (χ4n) is 0.818. The topological polar surface area (TPSA) is 81.1 Å². The zero-order chi connectivity index (χ0) is 11.1. The molecule has 0 aromatic heterocycles. The molecular formula is C9H14BrN3O. The molecule has 0 aliphatic carbocycles. The molecule has 78 valence electrons. The number of nitrogens with two attached hydrogens (primary N) is 2. The summed E-state index contributed by atoms with van der Waals surface area (Å²) in [6, 6.07) is 4.97. The van der Waals surface area contributed by atoms with Crippen LogP contribution in [0.1, 0.15) is 24.2 Å². The van der Waals surface area contributed by atoms with E-state index in [4.69, 9.17) is 11.6 Å². The van der Waals surface area contributed by atoms with Gasteiger partial charge in [-0.25, -0.2) is 5.84 Å². The maximum Gasteiger partial charge on any atom is 0.267 e. The second-order valence-electron chi connectivity index (χ2n) is 2.21. The summed E-state index contributed by atoms with van der Waals surface area (Å²) in [6.45, 7) is 4.00. The van der Waals surface area contributed by atoms with E-state index in [1.807, 2.05) is 19.3 Å². The van der Waals surface area contributed by atoms with Gasteiger partial charge in [0.1, 0.15) is 0 Å². The standard InChI is InChI=1S/C7H8BrN3O.C2H6/c8-4-1-2-5(6(9)3-4)7(12)11-10;1-2/h1-3H,9-10H2,(H,11,12);1-2H3. The van der Waals surface area contributed by atoms with Crippen molar-refractivity contribution in [1.29, 1.82) is 0 Å². The minimum atomic E-state index is -0.389. The Balaban J connectivity index is 0.000000791. The average Bonchev–Trinajstić information content (AvgIpc) is 2.20. The number of carbonyl (C=O) groups excluding carboxylic acids is 1. The van der Waals surface area contributed by atoms with Gasteiger partial charge in [0.05, 0.1) is 5.56 Å². The van der Waals surface area contributed by atoms with Gasteiger partial charge in [0, 0.05) is 10.2 Å². The van der Waals surface area contributed by atoms with Crippen LogP contribution in [0.5, 0.6) is 0 Å². The molecule has 1 amide bonds. The molecule has 0 fully saturated rings. The van der Waals surface area contributed by atoms with Gasteiger partial charge < -0.3 is 5.73 Å². The van der Waals surface area contributed by atoms with E-state index in [1.165, 1.54) is 0 Å². The molecule has 0 unspecified atom stereocenters. The molecule has 5 N–H and O–H groups in total. The number of hydrazine groups is 1. The molecule has 0 saturated heterocycles. The predicted molar refractivity (Wildman–Crippen MR) is 61.6 cm³/mol. The van der Waals surface area contributed by atoms with Gasteiger partial charge >= 0.3 is 0 Å². The fraction of sp³-hybridized carbons (Fsp3) is 0.222. The summed E-state index contributed by atoms with van der Waals surface area (Å²) in [5.74, 6) is 4.56. The van der Waals surface area contributed by atoms with Crippen LogP contribution in [0.15, 0.2) is 22.7 Å². The highest BCUT2D eigenvalue weighted by Gasteiger charge is 2.06. The summed E-state index contributed by atoms with van der Waals surface area (Å²) in [5.41, 5.74) is 8.33. The molecule has 14 heavy (non-hydrogen) atoms. The van der Waals surface area contributed by atoms with Crippen molar-refractivity contribution in [2.75, 3.05) is 5.73 Å². The quantitative estimate of drug-likeness (QED) is 0.311. The first-order valence-corrected chi connectivity index (χ1v) is 5.00. The van der Waals surface area contributed by atoms with Gasteiger partial charge in [-0.2, -0.15) is 0 Å². The van der Waals surface area contributed by atoms with Crippen molar-refractivity contribution in [3.05, 3.63) is 28.2 Å². The number of rotatable bonds is 1. The average molecular weight is 260 g/mol. The molecule has 0 radical (unpaired) electrons. The molecule has 4 nitrogen and oxygen atoms in total. The van der Waals surface area contributed by atoms with Crippen LogP contribution < -0.4 is 17.0 Å². The van der Waals surface area contributed by atoms with Crippen molar-refractivity contribution in [3.63, 3.8) is 0 Å². The van der Waals surface area contributed by atoms with E-state index in [0.717, 1.165) is 4.47 Å². The highest BCUT2D eigenvalue weighted by molar-refractivity contribution is 9.10. The van der Waals surface area contributed by atoms with Crippen LogP contribution >= 0.6 is 15.9 Å². The van der Waals surface area contributed by atoms with Crippen LogP contribution in [0, 0.1) is 0 Å². The highest BCUT2D eigenvalue weighted by Crippen LogP contribution is 2.17. The van der Waals surface area contributed by atoms with E-state index in [2.05, 4.69) is 15.9 Å². The van der Waals surface area contributed by atoms with Gasteiger partial charge in [-0.05, 0) is 18.2 Å². The van der Waals surface area contributed by atoms with Crippen LogP contribution in [0.2, 0.25) is 0 Å². The summed E-state index contributed by atoms with van der Waals surface area (Å²) < 4.78 is 0.827. The summed E-state index contributed by atoms with van der Waals surface area (Å²) in [6.07, 6.45) is 0. The Bertz CT molecular complexity index is 315. The second-order valence-corrected chi connectivity index (χ2v) is 3.12. The summed E-state index contributed by atoms with van der Waals surface area (Å²) in [5, 5.41) is 0. The zero-order valence-corrected chi connectivity index (χ0v) is 9.76. The number of nitrogen functional groups attached to an aromatic ring is 2. The first-order chi connectivity index (χ1) is 6.65. The van der Waals surface area contributed by atoms with Crippen molar-refractivity contribution in [3.8, 4) is 0 Å². The lowest BCUT2D eigenvalue weighted by Gasteiger charge is -2.03.